The van der Waals surface area contributed by atoms with Gasteiger partial charge in [0.1, 0.15) is 10.6 Å². The lowest BCUT2D eigenvalue weighted by molar-refractivity contribution is 0.100. The summed E-state index contributed by atoms with van der Waals surface area (Å²) < 4.78 is 4.07. The second-order valence-corrected chi connectivity index (χ2v) is 5.97. The lowest BCUT2D eigenvalue weighted by atomic mass is 10.1. The van der Waals surface area contributed by atoms with Crippen molar-refractivity contribution in [2.24, 2.45) is 11.7 Å². The fraction of sp³-hybridized carbons (Fsp3) is 0.667. The van der Waals surface area contributed by atoms with Crippen LogP contribution in [0.2, 0.25) is 0 Å². The minimum absolute atomic E-state index is 0.262. The average molecular weight is 268 g/mol. The summed E-state index contributed by atoms with van der Waals surface area (Å²) in [6.07, 6.45) is 3.44. The Kier molecular flexibility index (Phi) is 3.75. The Morgan fingerprint density at radius 1 is 1.56 bits per heavy atom. The first-order chi connectivity index (χ1) is 8.50. The molecule has 0 atom stereocenters. The molecule has 1 saturated carbocycles. The Hall–Kier alpha value is -1.30. The normalized spacial score (nSPS) is 15.1. The molecule has 0 aliphatic heterocycles. The van der Waals surface area contributed by atoms with E-state index in [4.69, 9.17) is 11.5 Å². The number of primary amides is 1. The highest BCUT2D eigenvalue weighted by Crippen LogP contribution is 2.38. The summed E-state index contributed by atoms with van der Waals surface area (Å²) >= 11 is 1.28. The van der Waals surface area contributed by atoms with Crippen LogP contribution in [-0.2, 0) is 0 Å². The molecule has 0 unspecified atom stereocenters. The highest BCUT2D eigenvalue weighted by atomic mass is 32.1. The molecule has 4 N–H and O–H groups in total. The molecule has 5 nitrogen and oxygen atoms in total. The van der Waals surface area contributed by atoms with Crippen molar-refractivity contribution < 1.29 is 4.79 Å². The lowest BCUT2D eigenvalue weighted by Gasteiger charge is -2.24. The lowest BCUT2D eigenvalue weighted by Crippen LogP contribution is -2.29. The van der Waals surface area contributed by atoms with E-state index in [-0.39, 0.29) is 5.82 Å². The topological polar surface area (TPSA) is 85.2 Å². The Labute approximate surface area is 111 Å². The molecule has 1 aliphatic rings. The summed E-state index contributed by atoms with van der Waals surface area (Å²) in [5.74, 6) is 0.415. The van der Waals surface area contributed by atoms with Gasteiger partial charge in [-0.2, -0.15) is 4.37 Å². The van der Waals surface area contributed by atoms with Gasteiger partial charge in [0, 0.05) is 12.6 Å². The Morgan fingerprint density at radius 2 is 2.22 bits per heavy atom. The number of anilines is 2. The van der Waals surface area contributed by atoms with Crippen LogP contribution in [0.4, 0.5) is 10.8 Å². The maximum Gasteiger partial charge on any atom is 0.255 e. The molecule has 1 aliphatic carbocycles. The molecule has 0 saturated heterocycles. The Morgan fingerprint density at radius 3 is 2.72 bits per heavy atom. The van der Waals surface area contributed by atoms with Crippen molar-refractivity contribution in [3.63, 3.8) is 0 Å². The predicted molar refractivity (Wildman–Crippen MR) is 74.9 cm³/mol. The molecule has 1 heterocycles. The van der Waals surface area contributed by atoms with Crippen LogP contribution in [0.25, 0.3) is 0 Å². The fourth-order valence-electron chi connectivity index (χ4n) is 1.95. The molecule has 2 rings (SSSR count). The van der Waals surface area contributed by atoms with Gasteiger partial charge in [-0.3, -0.25) is 4.79 Å². The maximum atomic E-state index is 11.5. The van der Waals surface area contributed by atoms with Crippen LogP contribution in [0.1, 0.15) is 43.5 Å². The second-order valence-electron chi connectivity index (χ2n) is 5.22. The number of carbonyl (C=O) groups is 1. The minimum Gasteiger partial charge on any atom is -0.382 e. The number of amides is 1. The monoisotopic (exact) mass is 268 g/mol. The largest absolute Gasteiger partial charge is 0.382 e. The van der Waals surface area contributed by atoms with Gasteiger partial charge in [0.25, 0.3) is 5.91 Å². The first-order valence-electron chi connectivity index (χ1n) is 6.32. The summed E-state index contributed by atoms with van der Waals surface area (Å²) in [6, 6.07) is 0.529. The zero-order valence-electron chi connectivity index (χ0n) is 10.8. The van der Waals surface area contributed by atoms with Gasteiger partial charge in [-0.05, 0) is 36.7 Å². The molecular formula is C12H20N4OS. The molecule has 0 spiro atoms. The van der Waals surface area contributed by atoms with Gasteiger partial charge in [-0.25, -0.2) is 0 Å². The van der Waals surface area contributed by atoms with Crippen molar-refractivity contribution in [1.29, 1.82) is 0 Å². The minimum atomic E-state index is -0.480. The molecule has 6 heteroatoms. The standard InChI is InChI=1S/C12H20N4OS/c1-7(2)5-6-16(8-3-4-8)12-9(11(14)17)10(13)15-18-12/h7-8H,3-6H2,1-2H3,(H2,13,15)(H2,14,17). The quantitative estimate of drug-likeness (QED) is 0.824. The van der Waals surface area contributed by atoms with Gasteiger partial charge in [0.2, 0.25) is 0 Å². The van der Waals surface area contributed by atoms with Crippen LogP contribution in [-0.4, -0.2) is 22.9 Å². The maximum absolute atomic E-state index is 11.5. The van der Waals surface area contributed by atoms with Crippen LogP contribution in [0.5, 0.6) is 0 Å². The molecule has 1 aromatic rings. The van der Waals surface area contributed by atoms with E-state index < -0.39 is 5.91 Å². The van der Waals surface area contributed by atoms with Crippen LogP contribution in [0, 0.1) is 5.92 Å². The van der Waals surface area contributed by atoms with E-state index in [0.717, 1.165) is 18.0 Å². The van der Waals surface area contributed by atoms with E-state index in [1.54, 1.807) is 0 Å². The zero-order chi connectivity index (χ0) is 13.3. The number of carbonyl (C=O) groups excluding carboxylic acids is 1. The number of rotatable bonds is 6. The third kappa shape index (κ3) is 2.75. The van der Waals surface area contributed by atoms with Gasteiger partial charge < -0.3 is 16.4 Å². The molecule has 0 aromatic carbocycles. The SMILES string of the molecule is CC(C)CCN(c1snc(N)c1C(N)=O)C1CC1. The van der Waals surface area contributed by atoms with Crippen molar-refractivity contribution in [2.45, 2.75) is 39.2 Å². The number of hydrogen-bond donors (Lipinski definition) is 2. The smallest absolute Gasteiger partial charge is 0.255 e. The zero-order valence-corrected chi connectivity index (χ0v) is 11.7. The number of nitrogens with zero attached hydrogens (tertiary/aromatic N) is 2. The molecule has 1 amide bonds. The summed E-state index contributed by atoms with van der Waals surface area (Å²) in [7, 11) is 0. The highest BCUT2D eigenvalue weighted by molar-refractivity contribution is 7.11. The van der Waals surface area contributed by atoms with E-state index in [0.29, 0.717) is 17.5 Å². The van der Waals surface area contributed by atoms with Gasteiger partial charge in [-0.1, -0.05) is 13.8 Å². The fourth-order valence-corrected chi connectivity index (χ4v) is 2.87. The summed E-state index contributed by atoms with van der Waals surface area (Å²) in [5.41, 5.74) is 11.5. The molecule has 1 aromatic heterocycles. The van der Waals surface area contributed by atoms with E-state index in [2.05, 4.69) is 23.1 Å². The van der Waals surface area contributed by atoms with Crippen LogP contribution < -0.4 is 16.4 Å². The molecule has 0 bridgehead atoms. The highest BCUT2D eigenvalue weighted by Gasteiger charge is 2.33. The van der Waals surface area contributed by atoms with E-state index in [9.17, 15) is 4.79 Å². The molecular weight excluding hydrogens is 248 g/mol. The van der Waals surface area contributed by atoms with Gasteiger partial charge in [-0.15, -0.1) is 0 Å². The Bertz CT molecular complexity index is 439. The number of nitrogen functional groups attached to an aromatic ring is 1. The first kappa shape index (κ1) is 13.1. The van der Waals surface area contributed by atoms with Gasteiger partial charge in [0.15, 0.2) is 5.82 Å². The third-order valence-electron chi connectivity index (χ3n) is 3.14. The van der Waals surface area contributed by atoms with Crippen molar-refractivity contribution in [1.82, 2.24) is 4.37 Å². The Balaban J connectivity index is 2.22. The second kappa shape index (κ2) is 5.14. The average Bonchev–Trinajstić information content (AvgIpc) is 3.02. The van der Waals surface area contributed by atoms with Crippen molar-refractivity contribution in [3.8, 4) is 0 Å². The van der Waals surface area contributed by atoms with E-state index in [1.807, 2.05) is 0 Å². The van der Waals surface area contributed by atoms with Crippen LogP contribution >= 0.6 is 11.5 Å². The molecule has 18 heavy (non-hydrogen) atoms. The first-order valence-corrected chi connectivity index (χ1v) is 7.09. The van der Waals surface area contributed by atoms with E-state index >= 15 is 0 Å². The number of nitrogens with two attached hydrogens (primary N) is 2. The van der Waals surface area contributed by atoms with Crippen molar-refractivity contribution in [2.75, 3.05) is 17.2 Å². The van der Waals surface area contributed by atoms with Gasteiger partial charge >= 0.3 is 0 Å². The third-order valence-corrected chi connectivity index (χ3v) is 4.04. The number of aromatic nitrogens is 1. The van der Waals surface area contributed by atoms with Crippen molar-refractivity contribution in [3.05, 3.63) is 5.56 Å². The predicted octanol–water partition coefficient (Wildman–Crippen LogP) is 1.84. The summed E-state index contributed by atoms with van der Waals surface area (Å²) in [4.78, 5) is 13.7. The van der Waals surface area contributed by atoms with Crippen LogP contribution in [0.3, 0.4) is 0 Å². The van der Waals surface area contributed by atoms with Crippen molar-refractivity contribution >= 4 is 28.3 Å². The summed E-state index contributed by atoms with van der Waals surface area (Å²) in [5, 5.41) is 0.850. The van der Waals surface area contributed by atoms with E-state index in [1.165, 1.54) is 24.4 Å². The van der Waals surface area contributed by atoms with Gasteiger partial charge in [0.05, 0.1) is 0 Å². The summed E-state index contributed by atoms with van der Waals surface area (Å²) in [6.45, 7) is 5.33. The molecule has 100 valence electrons. The molecule has 0 radical (unpaired) electrons. The molecule has 1 fully saturated rings. The van der Waals surface area contributed by atoms with Crippen LogP contribution in [0.15, 0.2) is 0 Å². The number of hydrogen-bond acceptors (Lipinski definition) is 5.